The molecule has 0 heterocycles. The lowest BCUT2D eigenvalue weighted by atomic mass is 10.1. The number of hydrogen-bond acceptors (Lipinski definition) is 5. The lowest BCUT2D eigenvalue weighted by Crippen LogP contribution is -2.17. The first-order chi connectivity index (χ1) is 11.5. The van der Waals surface area contributed by atoms with Crippen molar-refractivity contribution in [3.05, 3.63) is 69.8 Å². The van der Waals surface area contributed by atoms with Gasteiger partial charge in [0.05, 0.1) is 11.1 Å². The maximum atomic E-state index is 11.7. The van der Waals surface area contributed by atoms with Crippen molar-refractivity contribution in [2.45, 2.75) is 19.3 Å². The minimum atomic E-state index is -0.487. The lowest BCUT2D eigenvalue weighted by molar-refractivity contribution is -0.384. The van der Waals surface area contributed by atoms with Gasteiger partial charge in [0.1, 0.15) is 5.75 Å². The molecule has 0 aliphatic rings. The monoisotopic (exact) mass is 327 g/mol. The predicted molar refractivity (Wildman–Crippen MR) is 89.9 cm³/mol. The molecule has 0 atom stereocenters. The van der Waals surface area contributed by atoms with Gasteiger partial charge in [-0.2, -0.15) is 5.10 Å². The Bertz CT molecular complexity index is 742. The van der Waals surface area contributed by atoms with Crippen LogP contribution in [0.15, 0.2) is 53.6 Å². The highest BCUT2D eigenvalue weighted by atomic mass is 16.6. The molecule has 2 aromatic rings. The number of carbonyl (C=O) groups is 1. The van der Waals surface area contributed by atoms with Crippen molar-refractivity contribution in [3.8, 4) is 5.75 Å². The van der Waals surface area contributed by atoms with E-state index in [2.05, 4.69) is 10.5 Å². The fourth-order valence-electron chi connectivity index (χ4n) is 2.07. The molecule has 0 unspecified atom stereocenters. The van der Waals surface area contributed by atoms with Gasteiger partial charge >= 0.3 is 0 Å². The van der Waals surface area contributed by atoms with Gasteiger partial charge in [-0.1, -0.05) is 24.3 Å². The Morgan fingerprint density at radius 3 is 2.71 bits per heavy atom. The smallest absolute Gasteiger partial charge is 0.270 e. The van der Waals surface area contributed by atoms with E-state index in [9.17, 15) is 20.0 Å². The van der Waals surface area contributed by atoms with Crippen LogP contribution in [0, 0.1) is 10.1 Å². The number of carbonyl (C=O) groups excluding carboxylic acids is 1. The molecule has 0 bridgehead atoms. The topological polar surface area (TPSA) is 105 Å². The average Bonchev–Trinajstić information content (AvgIpc) is 2.57. The van der Waals surface area contributed by atoms with Crippen LogP contribution in [0.2, 0.25) is 0 Å². The number of aryl methyl sites for hydroxylation is 1. The second-order valence-corrected chi connectivity index (χ2v) is 5.17. The maximum absolute atomic E-state index is 11.7. The number of phenolic OH excluding ortho intramolecular Hbond substituents is 1. The highest BCUT2D eigenvalue weighted by molar-refractivity contribution is 5.83. The lowest BCUT2D eigenvalue weighted by Gasteiger charge is -2.02. The van der Waals surface area contributed by atoms with E-state index in [0.29, 0.717) is 18.4 Å². The van der Waals surface area contributed by atoms with Crippen LogP contribution in [-0.2, 0) is 11.2 Å². The van der Waals surface area contributed by atoms with E-state index in [1.807, 2.05) is 12.1 Å². The second kappa shape index (κ2) is 8.42. The van der Waals surface area contributed by atoms with E-state index in [1.54, 1.807) is 24.3 Å². The zero-order chi connectivity index (χ0) is 17.4. The van der Waals surface area contributed by atoms with E-state index in [4.69, 9.17) is 0 Å². The minimum Gasteiger partial charge on any atom is -0.508 e. The predicted octanol–water partition coefficient (Wildman–Crippen LogP) is 2.77. The molecule has 0 spiro atoms. The van der Waals surface area contributed by atoms with Gasteiger partial charge in [-0.05, 0) is 30.5 Å². The van der Waals surface area contributed by atoms with Crippen molar-refractivity contribution >= 4 is 17.8 Å². The van der Waals surface area contributed by atoms with Crippen LogP contribution in [0.1, 0.15) is 24.0 Å². The van der Waals surface area contributed by atoms with Crippen LogP contribution in [0.4, 0.5) is 5.69 Å². The first-order valence-corrected chi connectivity index (χ1v) is 7.39. The summed E-state index contributed by atoms with van der Waals surface area (Å²) in [7, 11) is 0. The summed E-state index contributed by atoms with van der Waals surface area (Å²) in [6, 6.07) is 12.8. The van der Waals surface area contributed by atoms with Gasteiger partial charge in [0.2, 0.25) is 5.91 Å². The standard InChI is InChI=1S/C17H17N3O4/c21-16-9-7-13(8-10-16)3-2-6-17(22)19-18-12-14-4-1-5-15(11-14)20(23)24/h1,4-5,7-12,21H,2-3,6H2,(H,19,22)/b18-12-. The summed E-state index contributed by atoms with van der Waals surface area (Å²) in [5.74, 6) is -0.0116. The molecule has 0 saturated carbocycles. The number of phenols is 1. The molecule has 0 aromatic heterocycles. The molecule has 0 radical (unpaired) electrons. The Morgan fingerprint density at radius 2 is 2.00 bits per heavy atom. The molecule has 2 rings (SSSR count). The molecule has 24 heavy (non-hydrogen) atoms. The number of non-ortho nitro benzene ring substituents is 1. The van der Waals surface area contributed by atoms with Crippen molar-refractivity contribution in [3.63, 3.8) is 0 Å². The molecule has 0 fully saturated rings. The normalized spacial score (nSPS) is 10.7. The fraction of sp³-hybridized carbons (Fsp3) is 0.176. The third kappa shape index (κ3) is 5.53. The summed E-state index contributed by atoms with van der Waals surface area (Å²) in [6.07, 6.45) is 3.06. The zero-order valence-electron chi connectivity index (χ0n) is 12.9. The van der Waals surface area contributed by atoms with Crippen LogP contribution in [-0.4, -0.2) is 22.2 Å². The van der Waals surface area contributed by atoms with Crippen molar-refractivity contribution < 1.29 is 14.8 Å². The molecule has 1 amide bonds. The number of amides is 1. The van der Waals surface area contributed by atoms with Gasteiger partial charge in [-0.3, -0.25) is 14.9 Å². The van der Waals surface area contributed by atoms with Crippen molar-refractivity contribution in [2.75, 3.05) is 0 Å². The minimum absolute atomic E-state index is 0.0285. The molecule has 0 saturated heterocycles. The van der Waals surface area contributed by atoms with E-state index in [1.165, 1.54) is 18.3 Å². The Hall–Kier alpha value is -3.22. The van der Waals surface area contributed by atoms with Gasteiger partial charge in [0.15, 0.2) is 0 Å². The number of nitrogens with zero attached hydrogens (tertiary/aromatic N) is 2. The number of rotatable bonds is 7. The van der Waals surface area contributed by atoms with Crippen molar-refractivity contribution in [1.29, 1.82) is 0 Å². The number of nitrogens with one attached hydrogen (secondary N) is 1. The third-order valence-corrected chi connectivity index (χ3v) is 3.29. The number of benzene rings is 2. The third-order valence-electron chi connectivity index (χ3n) is 3.29. The van der Waals surface area contributed by atoms with E-state index < -0.39 is 4.92 Å². The van der Waals surface area contributed by atoms with Crippen LogP contribution in [0.3, 0.4) is 0 Å². The summed E-state index contributed by atoms with van der Waals surface area (Å²) >= 11 is 0. The van der Waals surface area contributed by atoms with E-state index in [0.717, 1.165) is 12.0 Å². The van der Waals surface area contributed by atoms with E-state index >= 15 is 0 Å². The van der Waals surface area contributed by atoms with Gasteiger partial charge < -0.3 is 5.11 Å². The molecule has 7 nitrogen and oxygen atoms in total. The van der Waals surface area contributed by atoms with Crippen molar-refractivity contribution in [1.82, 2.24) is 5.43 Å². The van der Waals surface area contributed by atoms with Crippen molar-refractivity contribution in [2.24, 2.45) is 5.10 Å². The van der Waals surface area contributed by atoms with Crippen LogP contribution >= 0.6 is 0 Å². The summed E-state index contributed by atoms with van der Waals surface area (Å²) in [5.41, 5.74) is 3.95. The molecular weight excluding hydrogens is 310 g/mol. The Morgan fingerprint density at radius 1 is 1.25 bits per heavy atom. The fourth-order valence-corrected chi connectivity index (χ4v) is 2.07. The van der Waals surface area contributed by atoms with Crippen LogP contribution < -0.4 is 5.43 Å². The van der Waals surface area contributed by atoms with Gasteiger partial charge in [0.25, 0.3) is 5.69 Å². The Kier molecular flexibility index (Phi) is 6.01. The molecule has 0 aliphatic heterocycles. The molecule has 0 aliphatic carbocycles. The van der Waals surface area contributed by atoms with Gasteiger partial charge in [-0.15, -0.1) is 0 Å². The number of aromatic hydroxyl groups is 1. The first-order valence-electron chi connectivity index (χ1n) is 7.39. The highest BCUT2D eigenvalue weighted by Crippen LogP contribution is 2.12. The number of hydrazone groups is 1. The molecule has 2 N–H and O–H groups in total. The Balaban J connectivity index is 1.75. The molecule has 2 aromatic carbocycles. The molecular formula is C17H17N3O4. The number of nitro benzene ring substituents is 1. The number of hydrogen-bond donors (Lipinski definition) is 2. The largest absolute Gasteiger partial charge is 0.508 e. The quantitative estimate of drug-likeness (QED) is 0.463. The highest BCUT2D eigenvalue weighted by Gasteiger charge is 2.04. The molecule has 7 heteroatoms. The summed E-state index contributed by atoms with van der Waals surface area (Å²) in [6.45, 7) is 0. The maximum Gasteiger partial charge on any atom is 0.270 e. The second-order valence-electron chi connectivity index (χ2n) is 5.17. The van der Waals surface area contributed by atoms with E-state index in [-0.39, 0.29) is 17.3 Å². The summed E-state index contributed by atoms with van der Waals surface area (Å²) in [4.78, 5) is 21.9. The SMILES string of the molecule is O=C(CCCc1ccc(O)cc1)N/N=C\c1cccc([N+](=O)[O-])c1. The molecule has 124 valence electrons. The summed E-state index contributed by atoms with van der Waals surface area (Å²) in [5, 5.41) is 23.7. The first kappa shape index (κ1) is 17.1. The average molecular weight is 327 g/mol. The zero-order valence-corrected chi connectivity index (χ0v) is 12.9. The van der Waals surface area contributed by atoms with Crippen LogP contribution in [0.25, 0.3) is 0 Å². The van der Waals surface area contributed by atoms with Gasteiger partial charge in [-0.25, -0.2) is 5.43 Å². The van der Waals surface area contributed by atoms with Crippen LogP contribution in [0.5, 0.6) is 5.75 Å². The van der Waals surface area contributed by atoms with Gasteiger partial charge in [0, 0.05) is 24.1 Å². The Labute approximate surface area is 138 Å². The number of nitro groups is 1. The summed E-state index contributed by atoms with van der Waals surface area (Å²) < 4.78 is 0.